The normalized spacial score (nSPS) is 10.5. The van der Waals surface area contributed by atoms with Gasteiger partial charge in [0.05, 0.1) is 6.33 Å². The third-order valence-corrected chi connectivity index (χ3v) is 3.01. The van der Waals surface area contributed by atoms with E-state index in [9.17, 15) is 4.79 Å². The van der Waals surface area contributed by atoms with Crippen LogP contribution < -0.4 is 5.56 Å². The molecule has 0 unspecified atom stereocenters. The van der Waals surface area contributed by atoms with E-state index >= 15 is 0 Å². The molecule has 0 aliphatic heterocycles. The molecule has 0 aliphatic rings. The lowest BCUT2D eigenvalue weighted by atomic mass is 10.4. The van der Waals surface area contributed by atoms with E-state index in [1.165, 1.54) is 6.33 Å². The Labute approximate surface area is 99.7 Å². The lowest BCUT2D eigenvalue weighted by Gasteiger charge is -2.05. The molecule has 1 N–H and O–H groups in total. The fourth-order valence-corrected chi connectivity index (χ4v) is 1.89. The van der Waals surface area contributed by atoms with E-state index in [0.29, 0.717) is 9.39 Å². The summed E-state index contributed by atoms with van der Waals surface area (Å²) < 4.78 is 2.40. The second-order valence-corrected chi connectivity index (χ2v) is 4.02. The van der Waals surface area contributed by atoms with E-state index < -0.39 is 0 Å². The van der Waals surface area contributed by atoms with Crippen LogP contribution in [-0.2, 0) is 6.42 Å². The number of nitrogens with zero attached hydrogens (tertiary/aromatic N) is 3. The SMILES string of the molecule is CCc1nccn1-c1nc[nH]c(=O)c1I. The van der Waals surface area contributed by atoms with Crippen LogP contribution in [0.15, 0.2) is 23.5 Å². The first-order valence-corrected chi connectivity index (χ1v) is 5.57. The number of nitrogens with one attached hydrogen (secondary N) is 1. The molecule has 0 amide bonds. The van der Waals surface area contributed by atoms with Crippen LogP contribution in [0.3, 0.4) is 0 Å². The Bertz CT molecular complexity index is 531. The Balaban J connectivity index is 2.64. The Morgan fingerprint density at radius 3 is 3.07 bits per heavy atom. The number of rotatable bonds is 2. The van der Waals surface area contributed by atoms with E-state index in [4.69, 9.17) is 0 Å². The largest absolute Gasteiger partial charge is 0.312 e. The van der Waals surface area contributed by atoms with Gasteiger partial charge in [0.1, 0.15) is 9.39 Å². The highest BCUT2D eigenvalue weighted by atomic mass is 127. The predicted octanol–water partition coefficient (Wildman–Crippen LogP) is 1.12. The molecule has 0 atom stereocenters. The monoisotopic (exact) mass is 316 g/mol. The molecule has 0 saturated carbocycles. The number of imidazole rings is 1. The van der Waals surface area contributed by atoms with Crippen molar-refractivity contribution >= 4 is 22.6 Å². The average molecular weight is 316 g/mol. The summed E-state index contributed by atoms with van der Waals surface area (Å²) in [5.74, 6) is 1.53. The summed E-state index contributed by atoms with van der Waals surface area (Å²) in [5, 5.41) is 0. The maximum absolute atomic E-state index is 11.4. The van der Waals surface area contributed by atoms with Gasteiger partial charge >= 0.3 is 0 Å². The van der Waals surface area contributed by atoms with Gasteiger partial charge in [0, 0.05) is 18.8 Å². The van der Waals surface area contributed by atoms with Gasteiger partial charge < -0.3 is 4.98 Å². The first-order valence-electron chi connectivity index (χ1n) is 4.49. The number of aromatic amines is 1. The van der Waals surface area contributed by atoms with Crippen LogP contribution in [0.2, 0.25) is 0 Å². The second-order valence-electron chi connectivity index (χ2n) is 2.94. The summed E-state index contributed by atoms with van der Waals surface area (Å²) in [6, 6.07) is 0. The fraction of sp³-hybridized carbons (Fsp3) is 0.222. The Hall–Kier alpha value is -1.18. The highest BCUT2D eigenvalue weighted by Crippen LogP contribution is 2.11. The minimum absolute atomic E-state index is 0.128. The van der Waals surface area contributed by atoms with E-state index in [2.05, 4.69) is 15.0 Å². The Kier molecular flexibility index (Phi) is 2.85. The van der Waals surface area contributed by atoms with Crippen LogP contribution in [-0.4, -0.2) is 19.5 Å². The molecule has 78 valence electrons. The first-order chi connectivity index (χ1) is 7.24. The maximum atomic E-state index is 11.4. The van der Waals surface area contributed by atoms with Gasteiger partial charge in [0.25, 0.3) is 5.56 Å². The summed E-state index contributed by atoms with van der Waals surface area (Å²) in [6.07, 6.45) is 5.72. The molecule has 5 nitrogen and oxygen atoms in total. The molecule has 0 radical (unpaired) electrons. The summed E-state index contributed by atoms with van der Waals surface area (Å²) >= 11 is 1.98. The van der Waals surface area contributed by atoms with E-state index in [-0.39, 0.29) is 5.56 Å². The first kappa shape index (κ1) is 10.3. The van der Waals surface area contributed by atoms with Crippen molar-refractivity contribution in [2.75, 3.05) is 0 Å². The molecule has 2 rings (SSSR count). The van der Waals surface area contributed by atoms with Crippen LogP contribution in [0.1, 0.15) is 12.7 Å². The van der Waals surface area contributed by atoms with E-state index in [0.717, 1.165) is 12.2 Å². The summed E-state index contributed by atoms with van der Waals surface area (Å²) in [5.41, 5.74) is -0.128. The van der Waals surface area contributed by atoms with E-state index in [1.54, 1.807) is 6.20 Å². The van der Waals surface area contributed by atoms with Crippen LogP contribution in [0.5, 0.6) is 0 Å². The molecule has 15 heavy (non-hydrogen) atoms. The van der Waals surface area contributed by atoms with Crippen LogP contribution in [0.25, 0.3) is 5.82 Å². The van der Waals surface area contributed by atoms with Gasteiger partial charge in [-0.2, -0.15) is 0 Å². The molecular weight excluding hydrogens is 307 g/mol. The van der Waals surface area contributed by atoms with Crippen molar-refractivity contribution in [3.05, 3.63) is 38.5 Å². The number of hydrogen-bond acceptors (Lipinski definition) is 3. The van der Waals surface area contributed by atoms with Gasteiger partial charge in [0.2, 0.25) is 0 Å². The van der Waals surface area contributed by atoms with Crippen molar-refractivity contribution in [3.8, 4) is 5.82 Å². The summed E-state index contributed by atoms with van der Waals surface area (Å²) in [6.45, 7) is 2.01. The molecular formula is C9H9IN4O. The van der Waals surface area contributed by atoms with E-state index in [1.807, 2.05) is 40.3 Å². The number of aromatic nitrogens is 4. The fourth-order valence-electron chi connectivity index (χ4n) is 1.33. The molecule has 2 heterocycles. The minimum Gasteiger partial charge on any atom is -0.312 e. The molecule has 0 aliphatic carbocycles. The minimum atomic E-state index is -0.128. The van der Waals surface area contributed by atoms with Gasteiger partial charge in [-0.05, 0) is 22.6 Å². The van der Waals surface area contributed by atoms with Gasteiger partial charge in [-0.25, -0.2) is 9.97 Å². The zero-order valence-corrected chi connectivity index (χ0v) is 10.2. The molecule has 0 fully saturated rings. The van der Waals surface area contributed by atoms with Crippen molar-refractivity contribution < 1.29 is 0 Å². The highest BCUT2D eigenvalue weighted by molar-refractivity contribution is 14.1. The second kappa shape index (κ2) is 4.13. The van der Waals surface area contributed by atoms with Crippen molar-refractivity contribution in [1.82, 2.24) is 19.5 Å². The topological polar surface area (TPSA) is 63.6 Å². The van der Waals surface area contributed by atoms with Crippen molar-refractivity contribution in [2.24, 2.45) is 0 Å². The summed E-state index contributed by atoms with van der Waals surface area (Å²) in [7, 11) is 0. The zero-order chi connectivity index (χ0) is 10.8. The molecule has 0 aromatic carbocycles. The zero-order valence-electron chi connectivity index (χ0n) is 8.07. The average Bonchev–Trinajstić information content (AvgIpc) is 2.70. The Morgan fingerprint density at radius 1 is 1.53 bits per heavy atom. The molecule has 0 spiro atoms. The van der Waals surface area contributed by atoms with Crippen molar-refractivity contribution in [3.63, 3.8) is 0 Å². The number of hydrogen-bond donors (Lipinski definition) is 1. The Morgan fingerprint density at radius 2 is 2.33 bits per heavy atom. The summed E-state index contributed by atoms with van der Waals surface area (Å²) in [4.78, 5) is 22.3. The molecule has 2 aromatic heterocycles. The van der Waals surface area contributed by atoms with Crippen molar-refractivity contribution in [1.29, 1.82) is 0 Å². The van der Waals surface area contributed by atoms with Gasteiger partial charge in [-0.3, -0.25) is 9.36 Å². The van der Waals surface area contributed by atoms with Crippen LogP contribution >= 0.6 is 22.6 Å². The number of H-pyrrole nitrogens is 1. The van der Waals surface area contributed by atoms with Crippen LogP contribution in [0.4, 0.5) is 0 Å². The molecule has 6 heteroatoms. The smallest absolute Gasteiger partial charge is 0.266 e. The van der Waals surface area contributed by atoms with Crippen molar-refractivity contribution in [2.45, 2.75) is 13.3 Å². The third kappa shape index (κ3) is 1.81. The molecule has 2 aromatic rings. The molecule has 0 saturated heterocycles. The molecule has 0 bridgehead atoms. The van der Waals surface area contributed by atoms with Crippen LogP contribution in [0, 0.1) is 3.57 Å². The highest BCUT2D eigenvalue weighted by Gasteiger charge is 2.10. The van der Waals surface area contributed by atoms with Gasteiger partial charge in [-0.15, -0.1) is 0 Å². The quantitative estimate of drug-likeness (QED) is 0.845. The lowest BCUT2D eigenvalue weighted by molar-refractivity contribution is 0.851. The van der Waals surface area contributed by atoms with Gasteiger partial charge in [-0.1, -0.05) is 6.92 Å². The number of halogens is 1. The predicted molar refractivity (Wildman–Crippen MR) is 64.1 cm³/mol. The standard InChI is InChI=1S/C9H9IN4O/c1-2-6-11-3-4-14(6)8-7(10)9(15)13-5-12-8/h3-5H,2H2,1H3,(H,12,13,15). The van der Waals surface area contributed by atoms with Gasteiger partial charge in [0.15, 0.2) is 5.82 Å². The maximum Gasteiger partial charge on any atom is 0.266 e. The third-order valence-electron chi connectivity index (χ3n) is 2.04. The number of aryl methyl sites for hydroxylation is 1. The lowest BCUT2D eigenvalue weighted by Crippen LogP contribution is -2.15.